The molecule has 3 aliphatic rings. The van der Waals surface area contributed by atoms with Crippen LogP contribution in [0.4, 0.5) is 0 Å². The van der Waals surface area contributed by atoms with E-state index in [1.54, 1.807) is 0 Å². The highest BCUT2D eigenvalue weighted by atomic mass is 31.2. The van der Waals surface area contributed by atoms with Gasteiger partial charge in [0.2, 0.25) is 11.8 Å². The lowest BCUT2D eigenvalue weighted by atomic mass is 9.95. The number of carbonyl (C=O) groups is 6. The third-order valence-electron chi connectivity index (χ3n) is 23.8. The molecule has 0 saturated carbocycles. The van der Waals surface area contributed by atoms with Gasteiger partial charge in [-0.25, -0.2) is 4.57 Å². The van der Waals surface area contributed by atoms with Gasteiger partial charge in [-0.15, -0.1) is 0 Å². The van der Waals surface area contributed by atoms with Gasteiger partial charge in [-0.1, -0.05) is 375 Å². The average Bonchev–Trinajstić information content (AvgIpc) is 1.63. The number of esters is 4. The fraction of sp³-hybridized carbons (Fsp3) is 0.936. The Balaban J connectivity index is 1.95. The molecule has 3 heterocycles. The highest BCUT2D eigenvalue weighted by molar-refractivity contribution is 7.46. The summed E-state index contributed by atoms with van der Waals surface area (Å²) < 4.78 is 68.3. The van der Waals surface area contributed by atoms with Gasteiger partial charge < -0.3 is 68.5 Å². The molecule has 22 nitrogen and oxygen atoms in total. The van der Waals surface area contributed by atoms with Crippen LogP contribution < -0.4 is 10.6 Å². The van der Waals surface area contributed by atoms with Crippen molar-refractivity contribution in [3.05, 3.63) is 0 Å². The summed E-state index contributed by atoms with van der Waals surface area (Å²) in [4.78, 5) is 106. The normalized spacial score (nSPS) is 20.6. The van der Waals surface area contributed by atoms with Gasteiger partial charge in [-0.3, -0.25) is 33.3 Å². The van der Waals surface area contributed by atoms with Crippen molar-refractivity contribution >= 4 is 43.5 Å². The number of epoxide rings is 1. The lowest BCUT2D eigenvalue weighted by molar-refractivity contribution is -0.282. The van der Waals surface area contributed by atoms with Crippen molar-refractivity contribution in [3.8, 4) is 0 Å². The predicted octanol–water partition coefficient (Wildman–Crippen LogP) is 22.6. The maximum absolute atomic E-state index is 15.0. The smallest absolute Gasteiger partial charge is 0.462 e. The zero-order chi connectivity index (χ0) is 85.0. The van der Waals surface area contributed by atoms with Crippen molar-refractivity contribution in [2.75, 3.05) is 13.2 Å². The largest absolute Gasteiger partial charge is 0.470 e. The molecular weight excluding hydrogens is 1510 g/mol. The number of carbonyl (C=O) groups excluding carboxylic acids is 6. The summed E-state index contributed by atoms with van der Waals surface area (Å²) in [7, 11) is -5.52. The first-order valence-corrected chi connectivity index (χ1v) is 50.4. The highest BCUT2D eigenvalue weighted by Gasteiger charge is 2.59. The molecule has 0 aromatic heterocycles. The molecule has 0 aromatic rings. The van der Waals surface area contributed by atoms with E-state index in [0.29, 0.717) is 51.4 Å². The number of phosphoric ester groups is 1. The third-order valence-corrected chi connectivity index (χ3v) is 24.3. The quantitative estimate of drug-likeness (QED) is 0.0108. The van der Waals surface area contributed by atoms with Crippen LogP contribution in [0.3, 0.4) is 0 Å². The Kier molecular flexibility index (Phi) is 66.4. The molecule has 2 amide bonds. The van der Waals surface area contributed by atoms with Gasteiger partial charge in [0.15, 0.2) is 18.7 Å². The second-order valence-electron chi connectivity index (χ2n) is 34.8. The molecule has 686 valence electrons. The van der Waals surface area contributed by atoms with Gasteiger partial charge in [0.25, 0.3) is 0 Å². The van der Waals surface area contributed by atoms with Crippen molar-refractivity contribution in [1.82, 2.24) is 10.6 Å². The summed E-state index contributed by atoms with van der Waals surface area (Å²) in [5.74, 6) is -3.35. The minimum atomic E-state index is -5.52. The molecule has 3 aliphatic heterocycles. The van der Waals surface area contributed by atoms with E-state index in [0.717, 1.165) is 173 Å². The monoisotopic (exact) mass is 1680 g/mol. The number of aliphatic hydroxyl groups is 2. The van der Waals surface area contributed by atoms with Crippen LogP contribution in [0.2, 0.25) is 0 Å². The molecule has 13 atom stereocenters. The number of aliphatic hydroxyl groups excluding tert-OH is 2. The average molecular weight is 1680 g/mol. The Morgan fingerprint density at radius 1 is 0.342 bits per heavy atom. The summed E-state index contributed by atoms with van der Waals surface area (Å²) in [5.41, 5.74) is 0. The van der Waals surface area contributed by atoms with E-state index in [9.17, 15) is 53.3 Å². The van der Waals surface area contributed by atoms with Gasteiger partial charge in [0.1, 0.15) is 60.9 Å². The van der Waals surface area contributed by atoms with Crippen molar-refractivity contribution in [2.45, 2.75) is 551 Å². The lowest BCUT2D eigenvalue weighted by Gasteiger charge is -2.45. The Bertz CT molecular complexity index is 2490. The number of amides is 2. The molecule has 6 N–H and O–H groups in total. The van der Waals surface area contributed by atoms with Gasteiger partial charge >= 0.3 is 31.7 Å². The summed E-state index contributed by atoms with van der Waals surface area (Å²) in [6, 6.07) is -2.68. The molecule has 3 saturated heterocycles. The van der Waals surface area contributed by atoms with E-state index < -0.39 is 137 Å². The summed E-state index contributed by atoms with van der Waals surface area (Å²) in [6.07, 6.45) is 50.0. The number of hydrogen-bond acceptors (Lipinski definition) is 18. The molecule has 117 heavy (non-hydrogen) atoms. The summed E-state index contributed by atoms with van der Waals surface area (Å²) >= 11 is 0. The predicted molar refractivity (Wildman–Crippen MR) is 465 cm³/mol. The van der Waals surface area contributed by atoms with Crippen LogP contribution in [0.5, 0.6) is 0 Å². The van der Waals surface area contributed by atoms with E-state index in [-0.39, 0.29) is 38.1 Å². The minimum Gasteiger partial charge on any atom is -0.462 e. The number of nitrogens with one attached hydrogen (secondary N) is 2. The van der Waals surface area contributed by atoms with E-state index >= 15 is 0 Å². The molecular formula is C94H175N2O20P. The number of hydrogen-bond donors (Lipinski definition) is 6. The van der Waals surface area contributed by atoms with Crippen LogP contribution in [0.15, 0.2) is 0 Å². The molecule has 4 unspecified atom stereocenters. The number of ether oxygens (including phenoxy) is 8. The van der Waals surface area contributed by atoms with Gasteiger partial charge in [-0.05, 0) is 57.8 Å². The van der Waals surface area contributed by atoms with Crippen molar-refractivity contribution < 1.29 is 95.8 Å². The zero-order valence-corrected chi connectivity index (χ0v) is 76.0. The summed E-state index contributed by atoms with van der Waals surface area (Å²) in [5, 5.41) is 28.6. The zero-order valence-electron chi connectivity index (χ0n) is 75.1. The Labute approximate surface area is 710 Å². The van der Waals surface area contributed by atoms with Gasteiger partial charge in [-0.2, -0.15) is 0 Å². The fourth-order valence-electron chi connectivity index (χ4n) is 16.6. The van der Waals surface area contributed by atoms with Crippen LogP contribution in [-0.4, -0.2) is 149 Å². The van der Waals surface area contributed by atoms with E-state index in [2.05, 4.69) is 52.2 Å². The van der Waals surface area contributed by atoms with Crippen molar-refractivity contribution in [3.63, 3.8) is 0 Å². The molecule has 0 aliphatic carbocycles. The number of unbranched alkanes of at least 4 members (excludes halogenated alkanes) is 52. The Hall–Kier alpha value is -3.31. The van der Waals surface area contributed by atoms with E-state index in [1.807, 2.05) is 0 Å². The number of rotatable bonds is 82. The molecule has 0 spiro atoms. The number of phosphoric acid groups is 1. The molecule has 3 fully saturated rings. The minimum absolute atomic E-state index is 0.128. The fourth-order valence-corrected chi connectivity index (χ4v) is 17.2. The molecule has 0 bridgehead atoms. The first-order chi connectivity index (χ1) is 56.9. The maximum Gasteiger partial charge on any atom is 0.470 e. The van der Waals surface area contributed by atoms with E-state index in [1.165, 1.54) is 167 Å². The van der Waals surface area contributed by atoms with Gasteiger partial charge in [0, 0.05) is 19.3 Å². The van der Waals surface area contributed by atoms with Crippen LogP contribution >= 0.6 is 7.82 Å². The van der Waals surface area contributed by atoms with Crippen molar-refractivity contribution in [1.29, 1.82) is 0 Å². The van der Waals surface area contributed by atoms with E-state index in [4.69, 9.17) is 42.4 Å². The first-order valence-electron chi connectivity index (χ1n) is 48.9. The highest BCUT2D eigenvalue weighted by Crippen LogP contribution is 2.43. The second-order valence-corrected chi connectivity index (χ2v) is 36.0. The molecule has 3 rings (SSSR count). The maximum atomic E-state index is 15.0. The van der Waals surface area contributed by atoms with Crippen LogP contribution in [0, 0.1) is 0 Å². The lowest BCUT2D eigenvalue weighted by Crippen LogP contribution is -2.66. The number of fused-ring (bicyclic) bond motifs is 1. The van der Waals surface area contributed by atoms with Crippen LogP contribution in [-0.2, 0) is 75.8 Å². The second kappa shape index (κ2) is 72.0. The Morgan fingerprint density at radius 2 is 0.632 bits per heavy atom. The standard InChI is InChI=1S/C94H175N2O20P/c1-7-13-19-25-31-37-39-45-51-57-63-68-83(100)109-76(65-59-53-47-41-33-27-21-15-9-3)71-81(98)95-87-91-89(115-91)80(112-93(87)104)75-108-94-88(96-82(99)72-77(66-60-54-48-42-34-28-22-16-10-4)110-84(101)69-62-56-50-44-36-30-24-18-12-6)92(90(79(74-97)113-94)116-117(105,106)107)114-86(103)73-78(67-61-55-49-43-35-29-23-17-11-5)111-85(102)70-64-58-52-46-40-38-32-26-20-14-8-2/h76-80,87-94,97,104H,7-75H2,1-6H3,(H,95,98)(H,96,99)(H2,105,106,107)/t76-,77-,78-,79?,80?,87?,88+,89-,90-,91-,92?,93+,94-/m1/s1. The van der Waals surface area contributed by atoms with Crippen molar-refractivity contribution in [2.24, 2.45) is 0 Å². The molecule has 0 radical (unpaired) electrons. The Morgan fingerprint density at radius 3 is 0.940 bits per heavy atom. The topological polar surface area (TPSA) is 311 Å². The van der Waals surface area contributed by atoms with Crippen LogP contribution in [0.25, 0.3) is 0 Å². The summed E-state index contributed by atoms with van der Waals surface area (Å²) in [6.45, 7) is 11.9. The SMILES string of the molecule is CCCCCCCCCCCCCC(=O)O[C@H](CCCCCCCCCCC)CC(=O)NC1[C@H]2O[C@@H]2C(CO[C@@H]2OC(CO)[C@@H](OP(=O)(O)O)C(OC(=O)C[C@@H](CCCCCCCCCCC)OC(=O)CCCCCCCCCCCCC)[C@@H]2NC(=O)C[C@@H](CCCCCCCCCCC)OC(=O)CCCCCCCCCCC)O[C@@H]1O. The van der Waals surface area contributed by atoms with Gasteiger partial charge in [0.05, 0.1) is 32.5 Å². The molecule has 0 aromatic carbocycles. The first kappa shape index (κ1) is 108. The van der Waals surface area contributed by atoms with Crippen LogP contribution in [0.1, 0.15) is 472 Å². The third kappa shape index (κ3) is 56.2. The molecule has 23 heteroatoms.